The van der Waals surface area contributed by atoms with E-state index in [-0.39, 0.29) is 5.57 Å². The van der Waals surface area contributed by atoms with E-state index in [4.69, 9.17) is 4.74 Å². The minimum atomic E-state index is -0.786. The van der Waals surface area contributed by atoms with Gasteiger partial charge in [0.05, 0.1) is 12.3 Å². The van der Waals surface area contributed by atoms with E-state index in [1.54, 1.807) is 36.4 Å². The zero-order chi connectivity index (χ0) is 20.3. The summed E-state index contributed by atoms with van der Waals surface area (Å²) in [6.07, 6.45) is 2.25. The number of ether oxygens (including phenoxy) is 1. The number of benzene rings is 2. The number of rotatable bonds is 5. The number of nitrogens with zero attached hydrogens (tertiary/aromatic N) is 1. The van der Waals surface area contributed by atoms with Gasteiger partial charge in [-0.25, -0.2) is 9.69 Å². The number of hydrogen-bond acceptors (Lipinski definition) is 4. The van der Waals surface area contributed by atoms with Crippen LogP contribution in [0.2, 0.25) is 0 Å². The van der Waals surface area contributed by atoms with Crippen molar-refractivity contribution in [1.82, 2.24) is 5.32 Å². The minimum absolute atomic E-state index is 0.151. The summed E-state index contributed by atoms with van der Waals surface area (Å²) >= 11 is 6.70. The van der Waals surface area contributed by atoms with E-state index in [1.807, 2.05) is 13.0 Å². The molecule has 0 atom stereocenters. The Morgan fingerprint density at radius 2 is 1.71 bits per heavy atom. The van der Waals surface area contributed by atoms with E-state index in [1.165, 1.54) is 6.08 Å². The van der Waals surface area contributed by atoms with Gasteiger partial charge in [-0.2, -0.15) is 0 Å². The lowest BCUT2D eigenvalue weighted by atomic mass is 10.1. The highest BCUT2D eigenvalue weighted by Gasteiger charge is 2.36. The van der Waals surface area contributed by atoms with Gasteiger partial charge in [-0.05, 0) is 55.0 Å². The third-order valence-corrected chi connectivity index (χ3v) is 4.94. The zero-order valence-corrected chi connectivity index (χ0v) is 18.0. The number of imide groups is 2. The van der Waals surface area contributed by atoms with Crippen LogP contribution in [-0.4, -0.2) is 24.5 Å². The predicted octanol–water partition coefficient (Wildman–Crippen LogP) is 4.67. The average Bonchev–Trinajstić information content (AvgIpc) is 2.66. The van der Waals surface area contributed by atoms with Crippen LogP contribution in [0.3, 0.4) is 0 Å². The number of carbonyl (C=O) groups is 3. The maximum Gasteiger partial charge on any atom is 0.335 e. The predicted molar refractivity (Wildman–Crippen MR) is 113 cm³/mol. The second-order valence-corrected chi connectivity index (χ2v) is 7.80. The van der Waals surface area contributed by atoms with Crippen LogP contribution >= 0.6 is 31.9 Å². The summed E-state index contributed by atoms with van der Waals surface area (Å²) in [5.74, 6) is -0.896. The number of carbonyl (C=O) groups excluding carboxylic acids is 3. The quantitative estimate of drug-likeness (QED) is 0.471. The largest absolute Gasteiger partial charge is 0.493 e. The molecular weight excluding hydrogens is 492 g/mol. The molecule has 6 nitrogen and oxygen atoms in total. The molecule has 0 saturated carbocycles. The fourth-order valence-electron chi connectivity index (χ4n) is 2.61. The molecule has 1 saturated heterocycles. The fourth-order valence-corrected chi connectivity index (χ4v) is 3.26. The molecule has 1 fully saturated rings. The normalized spacial score (nSPS) is 15.8. The summed E-state index contributed by atoms with van der Waals surface area (Å²) in [6, 6.07) is 11.2. The summed E-state index contributed by atoms with van der Waals surface area (Å²) < 4.78 is 7.28. The first-order chi connectivity index (χ1) is 13.4. The number of barbiturate groups is 1. The molecule has 2 aromatic rings. The molecule has 2 aromatic carbocycles. The van der Waals surface area contributed by atoms with Gasteiger partial charge in [0.2, 0.25) is 0 Å². The molecule has 0 radical (unpaired) electrons. The van der Waals surface area contributed by atoms with Crippen molar-refractivity contribution in [1.29, 1.82) is 0 Å². The molecule has 0 bridgehead atoms. The Morgan fingerprint density at radius 3 is 2.39 bits per heavy atom. The Balaban J connectivity index is 2.02. The van der Waals surface area contributed by atoms with Gasteiger partial charge in [-0.1, -0.05) is 38.8 Å². The minimum Gasteiger partial charge on any atom is -0.493 e. The van der Waals surface area contributed by atoms with Crippen molar-refractivity contribution < 1.29 is 19.1 Å². The summed E-state index contributed by atoms with van der Waals surface area (Å²) in [5.41, 5.74) is 0.772. The Bertz CT molecular complexity index is 971. The highest BCUT2D eigenvalue weighted by atomic mass is 79.9. The molecule has 0 spiro atoms. The second kappa shape index (κ2) is 8.70. The van der Waals surface area contributed by atoms with Crippen molar-refractivity contribution >= 4 is 61.5 Å². The molecule has 144 valence electrons. The van der Waals surface area contributed by atoms with Crippen LogP contribution in [0, 0.1) is 0 Å². The Hall–Kier alpha value is -2.45. The topological polar surface area (TPSA) is 75.7 Å². The van der Waals surface area contributed by atoms with Gasteiger partial charge in [0.15, 0.2) is 0 Å². The third kappa shape index (κ3) is 4.34. The maximum absolute atomic E-state index is 13.0. The summed E-state index contributed by atoms with van der Waals surface area (Å²) in [5, 5.41) is 2.22. The first-order valence-electron chi connectivity index (χ1n) is 8.50. The molecule has 0 unspecified atom stereocenters. The SMILES string of the molecule is CCCOc1ccc(Br)cc1/C=C1\C(=O)NC(=O)N(c2ccc(Br)cc2)C1=O. The second-order valence-electron chi connectivity index (χ2n) is 5.96. The molecule has 8 heteroatoms. The Labute approximate surface area is 178 Å². The molecule has 0 aromatic heterocycles. The number of anilines is 1. The van der Waals surface area contributed by atoms with E-state index >= 15 is 0 Å². The Kier molecular flexibility index (Phi) is 6.31. The van der Waals surface area contributed by atoms with Gasteiger partial charge >= 0.3 is 6.03 Å². The molecule has 1 heterocycles. The van der Waals surface area contributed by atoms with Crippen LogP contribution in [0.5, 0.6) is 5.75 Å². The van der Waals surface area contributed by atoms with Gasteiger partial charge in [0, 0.05) is 14.5 Å². The van der Waals surface area contributed by atoms with Crippen LogP contribution in [0.4, 0.5) is 10.5 Å². The molecule has 0 aliphatic carbocycles. The maximum atomic E-state index is 13.0. The van der Waals surface area contributed by atoms with E-state index < -0.39 is 17.8 Å². The molecule has 28 heavy (non-hydrogen) atoms. The number of amides is 4. The van der Waals surface area contributed by atoms with Gasteiger partial charge in [-0.3, -0.25) is 14.9 Å². The van der Waals surface area contributed by atoms with Crippen molar-refractivity contribution in [3.63, 3.8) is 0 Å². The number of urea groups is 1. The van der Waals surface area contributed by atoms with E-state index in [9.17, 15) is 14.4 Å². The van der Waals surface area contributed by atoms with Crippen LogP contribution < -0.4 is 15.0 Å². The van der Waals surface area contributed by atoms with Crippen molar-refractivity contribution in [3.05, 3.63) is 62.5 Å². The summed E-state index contributed by atoms with van der Waals surface area (Å²) in [4.78, 5) is 38.5. The van der Waals surface area contributed by atoms with Crippen LogP contribution in [0.1, 0.15) is 18.9 Å². The van der Waals surface area contributed by atoms with E-state index in [0.717, 1.165) is 20.3 Å². The number of hydrogen-bond donors (Lipinski definition) is 1. The van der Waals surface area contributed by atoms with Crippen LogP contribution in [0.15, 0.2) is 57.0 Å². The molecule has 3 rings (SSSR count). The van der Waals surface area contributed by atoms with E-state index in [0.29, 0.717) is 23.6 Å². The lowest BCUT2D eigenvalue weighted by Crippen LogP contribution is -2.54. The number of nitrogens with one attached hydrogen (secondary N) is 1. The van der Waals surface area contributed by atoms with Gasteiger partial charge in [0.1, 0.15) is 11.3 Å². The number of halogens is 2. The highest BCUT2D eigenvalue weighted by molar-refractivity contribution is 9.10. The van der Waals surface area contributed by atoms with Crippen LogP contribution in [0.25, 0.3) is 6.08 Å². The van der Waals surface area contributed by atoms with Gasteiger partial charge in [0.25, 0.3) is 11.8 Å². The fraction of sp³-hybridized carbons (Fsp3) is 0.150. The summed E-state index contributed by atoms with van der Waals surface area (Å²) in [7, 11) is 0. The van der Waals surface area contributed by atoms with Gasteiger partial charge in [-0.15, -0.1) is 0 Å². The standard InChI is InChI=1S/C20H16Br2N2O4/c1-2-9-28-17-8-5-14(22)10-12(17)11-16-18(25)23-20(27)24(19(16)26)15-6-3-13(21)4-7-15/h3-8,10-11H,2,9H2,1H3,(H,23,25,27)/b16-11+. The molecule has 1 aliphatic rings. The molecule has 4 amide bonds. The third-order valence-electron chi connectivity index (χ3n) is 3.92. The van der Waals surface area contributed by atoms with Crippen molar-refractivity contribution in [2.75, 3.05) is 11.5 Å². The monoisotopic (exact) mass is 506 g/mol. The van der Waals surface area contributed by atoms with Crippen molar-refractivity contribution in [2.45, 2.75) is 13.3 Å². The molecular formula is C20H16Br2N2O4. The smallest absolute Gasteiger partial charge is 0.335 e. The lowest BCUT2D eigenvalue weighted by molar-refractivity contribution is -0.122. The van der Waals surface area contributed by atoms with Gasteiger partial charge < -0.3 is 4.74 Å². The van der Waals surface area contributed by atoms with Crippen molar-refractivity contribution in [3.8, 4) is 5.75 Å². The van der Waals surface area contributed by atoms with Crippen molar-refractivity contribution in [2.24, 2.45) is 0 Å². The van der Waals surface area contributed by atoms with Crippen LogP contribution in [-0.2, 0) is 9.59 Å². The lowest BCUT2D eigenvalue weighted by Gasteiger charge is -2.26. The molecule has 1 N–H and O–H groups in total. The molecule has 1 aliphatic heterocycles. The first-order valence-corrected chi connectivity index (χ1v) is 10.1. The zero-order valence-electron chi connectivity index (χ0n) is 14.9. The average molecular weight is 508 g/mol. The Morgan fingerprint density at radius 1 is 1.04 bits per heavy atom. The first kappa shape index (κ1) is 20.3. The van der Waals surface area contributed by atoms with E-state index in [2.05, 4.69) is 37.2 Å². The summed E-state index contributed by atoms with van der Waals surface area (Å²) in [6.45, 7) is 2.48. The highest BCUT2D eigenvalue weighted by Crippen LogP contribution is 2.28.